The van der Waals surface area contributed by atoms with E-state index in [0.717, 1.165) is 72.4 Å². The van der Waals surface area contributed by atoms with Gasteiger partial charge in [0.15, 0.2) is 0 Å². The molecule has 14 heterocycles. The molecule has 8 aliphatic rings. The monoisotopic (exact) mass is 1800 g/mol. The third kappa shape index (κ3) is 25.3. The van der Waals surface area contributed by atoms with Gasteiger partial charge in [-0.05, 0) is 148 Å². The zero-order valence-corrected chi connectivity index (χ0v) is 81.6. The smallest absolute Gasteiger partial charge is 0.261 e. The lowest BCUT2D eigenvalue weighted by Gasteiger charge is -2.31. The first-order valence-corrected chi connectivity index (χ1v) is 57.4. The largest absolute Gasteiger partial charge is 0.310 e. The van der Waals surface area contributed by atoms with Crippen molar-refractivity contribution in [3.05, 3.63) is 166 Å². The van der Waals surface area contributed by atoms with Crippen LogP contribution in [0.3, 0.4) is 0 Å². The van der Waals surface area contributed by atoms with Crippen LogP contribution in [-0.4, -0.2) is 66.7 Å². The van der Waals surface area contributed by atoms with E-state index in [4.69, 9.17) is 0 Å². The van der Waals surface area contributed by atoms with Crippen molar-refractivity contribution in [3.63, 3.8) is 0 Å². The average molecular weight is 1810 g/mol. The van der Waals surface area contributed by atoms with Gasteiger partial charge in [0.05, 0.1) is 27.0 Å². The molecular weight excluding hydrogens is 1670 g/mol. The van der Waals surface area contributed by atoms with Crippen molar-refractivity contribution in [1.82, 2.24) is 9.80 Å². The van der Waals surface area contributed by atoms with Crippen LogP contribution < -0.4 is 0 Å². The molecule has 7 atom stereocenters. The summed E-state index contributed by atoms with van der Waals surface area (Å²) in [5.74, 6) is 2.18. The van der Waals surface area contributed by atoms with Gasteiger partial charge >= 0.3 is 0 Å². The summed E-state index contributed by atoms with van der Waals surface area (Å²) < 4.78 is 0. The highest BCUT2D eigenvalue weighted by Crippen LogP contribution is 2.59. The Morgan fingerprint density at radius 2 is 0.619 bits per heavy atom. The quantitative estimate of drug-likeness (QED) is 0.0350. The molecule has 0 spiro atoms. The number of nitrogens with zero attached hydrogens (tertiary/aromatic N) is 2. The van der Waals surface area contributed by atoms with Crippen molar-refractivity contribution in [3.8, 4) is 48.8 Å². The van der Waals surface area contributed by atoms with Crippen LogP contribution in [0.4, 0.5) is 0 Å². The van der Waals surface area contributed by atoms with Crippen molar-refractivity contribution < 1.29 is 9.59 Å². The Hall–Kier alpha value is -2.84. The molecule has 0 aliphatic carbocycles. The Bertz CT molecular complexity index is 4400. The van der Waals surface area contributed by atoms with Gasteiger partial charge in [0, 0.05) is 124 Å². The number of hydrogen-bond acceptors (Lipinski definition) is 14. The van der Waals surface area contributed by atoms with E-state index >= 15 is 9.59 Å². The van der Waals surface area contributed by atoms with Crippen LogP contribution in [0, 0.1) is 11.8 Å². The molecule has 0 N–H and O–H groups in total. The second-order valence-corrected chi connectivity index (χ2v) is 48.6. The first-order chi connectivity index (χ1) is 58.2. The second-order valence-electron chi connectivity index (χ2n) is 34.8. The Morgan fingerprint density at radius 3 is 0.966 bits per heavy atom. The number of allylic oxidation sites excluding steroid dienone is 6. The molecular formula is C102H136N2O2S12. The number of rotatable bonds is 56. The summed E-state index contributed by atoms with van der Waals surface area (Å²) in [5, 5.41) is 4.55. The van der Waals surface area contributed by atoms with Crippen LogP contribution in [-0.2, 0) is 9.59 Å². The number of thiophene rings is 6. The minimum Gasteiger partial charge on any atom is -0.310 e. The van der Waals surface area contributed by atoms with Gasteiger partial charge in [-0.2, -0.15) is 0 Å². The fourth-order valence-corrected chi connectivity index (χ4v) is 33.5. The minimum absolute atomic E-state index is 0.0156. The Balaban J connectivity index is 0.740. The lowest BCUT2D eigenvalue weighted by molar-refractivity contribution is -0.125. The van der Waals surface area contributed by atoms with Gasteiger partial charge in [0.1, 0.15) is 0 Å². The SMILES string of the molecule is CCCCCCCCCCCCC(CCCCCCCCCC)CN1C(=O)C2=C(C3CC=C(C4=CCC(C5CC=C(C6=CCC(C7CC=C(C8=CCCS8)S7)S6)S5)S4)S3)N(CC(CCCCCCCCCC)CCCCCCCCCCCC)C(=O)C2=C1c1ccc(-c2ccc(-c3ccc(-c4ccc(-c5ccc(-c6cccs6)s5)s4)s3)s2)s1. The fraction of sp³-hybridized carbons (Fsp3) is 0.588. The average Bonchev–Trinajstić information content (AvgIpc) is 1.55. The van der Waals surface area contributed by atoms with E-state index in [1.54, 1.807) is 4.91 Å². The molecule has 16 heteroatoms. The lowest BCUT2D eigenvalue weighted by Crippen LogP contribution is -2.37. The fourth-order valence-electron chi connectivity index (χ4n) is 18.8. The Labute approximate surface area is 762 Å². The summed E-state index contributed by atoms with van der Waals surface area (Å²) in [6, 6.07) is 27.5. The van der Waals surface area contributed by atoms with E-state index in [0.29, 0.717) is 45.9 Å². The normalized spacial score (nSPS) is 20.6. The van der Waals surface area contributed by atoms with E-state index in [1.165, 1.54) is 329 Å². The molecule has 0 saturated heterocycles. The molecule has 0 aromatic carbocycles. The summed E-state index contributed by atoms with van der Waals surface area (Å²) in [4.78, 5) is 61.2. The summed E-state index contributed by atoms with van der Waals surface area (Å²) in [6.07, 6.45) is 73.8. The first kappa shape index (κ1) is 91.4. The number of unbranched alkanes of at least 4 members (excludes halogenated alkanes) is 32. The molecule has 0 bridgehead atoms. The van der Waals surface area contributed by atoms with Gasteiger partial charge < -0.3 is 9.80 Å². The number of hydrogen-bond donors (Lipinski definition) is 0. The first-order valence-electron chi connectivity index (χ1n) is 47.1. The maximum Gasteiger partial charge on any atom is 0.261 e. The minimum atomic E-state index is -0.0156. The van der Waals surface area contributed by atoms with Crippen molar-refractivity contribution >= 4 is 156 Å². The molecule has 0 saturated carbocycles. The molecule has 0 fully saturated rings. The van der Waals surface area contributed by atoms with Crippen molar-refractivity contribution in [2.75, 3.05) is 18.8 Å². The van der Waals surface area contributed by atoms with Crippen LogP contribution in [0.15, 0.2) is 161 Å². The van der Waals surface area contributed by atoms with Gasteiger partial charge in [-0.15, -0.1) is 139 Å². The summed E-state index contributed by atoms with van der Waals surface area (Å²) in [5.41, 5.74) is 3.43. The van der Waals surface area contributed by atoms with Gasteiger partial charge in [-0.25, -0.2) is 0 Å². The number of carbonyl (C=O) groups excluding carboxylic acids is 2. The highest BCUT2D eigenvalue weighted by Gasteiger charge is 2.52. The van der Waals surface area contributed by atoms with E-state index in [9.17, 15) is 0 Å². The van der Waals surface area contributed by atoms with Gasteiger partial charge in [0.25, 0.3) is 11.8 Å². The van der Waals surface area contributed by atoms with Crippen LogP contribution in [0.25, 0.3) is 54.5 Å². The van der Waals surface area contributed by atoms with Crippen LogP contribution in [0.2, 0.25) is 0 Å². The highest BCUT2D eigenvalue weighted by atomic mass is 32.2. The van der Waals surface area contributed by atoms with Gasteiger partial charge in [-0.3, -0.25) is 9.59 Å². The molecule has 14 rings (SSSR count). The molecule has 0 radical (unpaired) electrons. The van der Waals surface area contributed by atoms with Gasteiger partial charge in [0.2, 0.25) is 0 Å². The standard InChI is InChI=1S/C102H136N2O2S12/c1-5-9-13-17-21-25-27-31-35-39-45-73(43-37-33-29-23-19-15-11-7-3)71-103-99(95-67-65-93(117-95)91-63-61-89(115-91)87-59-57-85(113-87)83-55-53-81(111-83)79-51-49-77(109-79)75-47-41-69-107-75)97-98(101(103)105)100(104(102(97)106)72-74(44-38-34-30-24-20-16-12-8-4)46-40-36-32-28-26-22-18-14-10-6-2)96-68-66-94(118-96)92-64-62-90(116-92)88-60-58-86(114-88)84-56-54-82(112-84)80-52-50-78(110-80)76-48-42-70-108-76/h41,47-51,53,55-59,61,63-67,69,73-74,80,82,88,90,96H,5-40,42-46,52,54,60,62,68,70-72H2,1-4H3. The number of amides is 2. The molecule has 8 aliphatic heterocycles. The molecule has 2 amide bonds. The number of thioether (sulfide) groups is 6. The predicted octanol–water partition coefficient (Wildman–Crippen LogP) is 35.9. The molecule has 4 nitrogen and oxygen atoms in total. The van der Waals surface area contributed by atoms with Crippen molar-refractivity contribution in [1.29, 1.82) is 0 Å². The van der Waals surface area contributed by atoms with Crippen molar-refractivity contribution in [2.45, 2.75) is 349 Å². The zero-order chi connectivity index (χ0) is 81.0. The highest BCUT2D eigenvalue weighted by molar-refractivity contribution is 8.12. The van der Waals surface area contributed by atoms with Crippen LogP contribution in [0.5, 0.6) is 0 Å². The molecule has 6 aromatic rings. The van der Waals surface area contributed by atoms with E-state index in [-0.39, 0.29) is 17.1 Å². The number of fused-ring (bicyclic) bond motifs is 1. The van der Waals surface area contributed by atoms with Crippen molar-refractivity contribution in [2.24, 2.45) is 11.8 Å². The molecule has 118 heavy (non-hydrogen) atoms. The Morgan fingerprint density at radius 1 is 0.314 bits per heavy atom. The van der Waals surface area contributed by atoms with Crippen LogP contribution in [0.1, 0.15) is 328 Å². The maximum absolute atomic E-state index is 16.9. The maximum atomic E-state index is 16.9. The third-order valence-electron chi connectivity index (χ3n) is 25.6. The van der Waals surface area contributed by atoms with Crippen LogP contribution >= 0.6 is 139 Å². The molecule has 7 unspecified atom stereocenters. The Kier molecular flexibility index (Phi) is 37.8. The predicted molar refractivity (Wildman–Crippen MR) is 538 cm³/mol. The summed E-state index contributed by atoms with van der Waals surface area (Å²) >= 11 is 23.9. The lowest BCUT2D eigenvalue weighted by atomic mass is 9.93. The van der Waals surface area contributed by atoms with E-state index in [2.05, 4.69) is 211 Å². The number of carbonyl (C=O) groups is 2. The van der Waals surface area contributed by atoms with Gasteiger partial charge in [-0.1, -0.05) is 301 Å². The zero-order valence-electron chi connectivity index (χ0n) is 71.8. The molecule has 638 valence electrons. The second kappa shape index (κ2) is 48.8. The topological polar surface area (TPSA) is 40.6 Å². The summed E-state index contributed by atoms with van der Waals surface area (Å²) in [7, 11) is 0. The van der Waals surface area contributed by atoms with E-state index < -0.39 is 0 Å². The summed E-state index contributed by atoms with van der Waals surface area (Å²) in [6.45, 7) is 10.7. The third-order valence-corrected chi connectivity index (χ3v) is 41.9. The molecule has 6 aromatic heterocycles. The van der Waals surface area contributed by atoms with E-state index in [1.807, 2.05) is 79.8 Å².